The van der Waals surface area contributed by atoms with Gasteiger partial charge in [-0.25, -0.2) is 8.78 Å². The standard InChI is InChI=1S/C8H16FNO2.C6H12FNO2.CH4.ClH.Li.2H2O/c1-4-12-7(11)6(10)5-8(2,3)9;1-6(2,7)3-4(8)5(9)10;;;;;/h6H,4-5,10H2,1-3H3;4H,3,8H2,1-2H3,(H,9,10);1H4;1H;;2*1H2/q;;;;+1;;/p-1/t6-;4-;;;;;/m00...../s1. The van der Waals surface area contributed by atoms with Crippen LogP contribution in [0, 0.1) is 0 Å². The summed E-state index contributed by atoms with van der Waals surface area (Å²) < 4.78 is 30.2. The molecular formula is C15H36ClF2LiN2O6. The summed E-state index contributed by atoms with van der Waals surface area (Å²) in [5.41, 5.74) is 7.51. The van der Waals surface area contributed by atoms with Crippen molar-refractivity contribution < 1.29 is 58.0 Å². The molecule has 0 fully saturated rings. The van der Waals surface area contributed by atoms with E-state index in [1.54, 1.807) is 6.92 Å². The molecule has 0 amide bonds. The second-order valence-electron chi connectivity index (χ2n) is 6.15. The second-order valence-corrected chi connectivity index (χ2v) is 6.15. The molecule has 164 valence electrons. The van der Waals surface area contributed by atoms with Crippen molar-refractivity contribution in [3.63, 3.8) is 0 Å². The van der Waals surface area contributed by atoms with E-state index in [-0.39, 0.29) is 69.1 Å². The topological polar surface area (TPSA) is 177 Å². The molecular weight excluding hydrogens is 385 g/mol. The summed E-state index contributed by atoms with van der Waals surface area (Å²) in [6, 6.07) is -1.95. The molecule has 0 bridgehead atoms. The first-order valence-corrected chi connectivity index (χ1v) is 6.98. The quantitative estimate of drug-likeness (QED) is 0.335. The molecule has 12 heteroatoms. The summed E-state index contributed by atoms with van der Waals surface area (Å²) in [6.45, 7) is 7.33. The van der Waals surface area contributed by atoms with Gasteiger partial charge in [-0.05, 0) is 34.6 Å². The Labute approximate surface area is 179 Å². The number of rotatable bonds is 7. The van der Waals surface area contributed by atoms with E-state index in [1.165, 1.54) is 27.7 Å². The molecule has 0 aromatic carbocycles. The van der Waals surface area contributed by atoms with Crippen LogP contribution in [0.4, 0.5) is 8.78 Å². The Morgan fingerprint density at radius 1 is 1.04 bits per heavy atom. The molecule has 2 atom stereocenters. The van der Waals surface area contributed by atoms with Crippen LogP contribution in [0.3, 0.4) is 0 Å². The molecule has 0 heterocycles. The molecule has 0 aliphatic carbocycles. The minimum Gasteiger partial charge on any atom is -0.870 e. The minimum absolute atomic E-state index is 0. The van der Waals surface area contributed by atoms with Gasteiger partial charge in [-0.3, -0.25) is 9.59 Å². The Bertz CT molecular complexity index is 369. The maximum absolute atomic E-state index is 13.0. The van der Waals surface area contributed by atoms with Gasteiger partial charge in [-0.1, -0.05) is 7.43 Å². The largest absolute Gasteiger partial charge is 1.00 e. The molecule has 8 nitrogen and oxygen atoms in total. The van der Waals surface area contributed by atoms with Crippen LogP contribution in [0.2, 0.25) is 0 Å². The smallest absolute Gasteiger partial charge is 0.870 e. The fraction of sp³-hybridized carbons (Fsp3) is 0.867. The average Bonchev–Trinajstić information content (AvgIpc) is 2.25. The molecule has 0 radical (unpaired) electrons. The van der Waals surface area contributed by atoms with Gasteiger partial charge >= 0.3 is 30.8 Å². The van der Waals surface area contributed by atoms with Crippen molar-refractivity contribution in [3.8, 4) is 0 Å². The van der Waals surface area contributed by atoms with Crippen LogP contribution in [0.1, 0.15) is 54.9 Å². The molecule has 0 aliphatic rings. The third-order valence-electron chi connectivity index (χ3n) is 2.32. The summed E-state index contributed by atoms with van der Waals surface area (Å²) >= 11 is 0. The van der Waals surface area contributed by atoms with Crippen LogP contribution in [-0.4, -0.2) is 58.0 Å². The van der Waals surface area contributed by atoms with Crippen molar-refractivity contribution in [2.45, 2.75) is 78.3 Å². The van der Waals surface area contributed by atoms with Crippen molar-refractivity contribution in [1.82, 2.24) is 0 Å². The van der Waals surface area contributed by atoms with Gasteiger partial charge < -0.3 is 32.3 Å². The first-order chi connectivity index (χ1) is 9.69. The number of carbonyl (C=O) groups excluding carboxylic acids is 1. The third-order valence-corrected chi connectivity index (χ3v) is 2.32. The monoisotopic (exact) mass is 420 g/mol. The summed E-state index contributed by atoms with van der Waals surface area (Å²) in [4.78, 5) is 21.0. The van der Waals surface area contributed by atoms with E-state index in [2.05, 4.69) is 4.74 Å². The van der Waals surface area contributed by atoms with Crippen LogP contribution in [0.15, 0.2) is 0 Å². The van der Waals surface area contributed by atoms with Crippen LogP contribution in [0.5, 0.6) is 0 Å². The molecule has 0 unspecified atom stereocenters. The maximum Gasteiger partial charge on any atom is 1.00 e. The Kier molecular flexibility index (Phi) is 34.0. The van der Waals surface area contributed by atoms with Crippen LogP contribution in [-0.2, 0) is 14.3 Å². The third kappa shape index (κ3) is 33.5. The van der Waals surface area contributed by atoms with Gasteiger partial charge in [-0.2, -0.15) is 0 Å². The van der Waals surface area contributed by atoms with E-state index in [1.807, 2.05) is 0 Å². The van der Waals surface area contributed by atoms with Crippen molar-refractivity contribution in [2.24, 2.45) is 11.5 Å². The number of carboxylic acid groups (broad SMARTS) is 1. The number of nitrogens with two attached hydrogens (primary N) is 2. The zero-order chi connectivity index (χ0) is 18.1. The van der Waals surface area contributed by atoms with E-state index in [0.29, 0.717) is 0 Å². The average molecular weight is 421 g/mol. The molecule has 0 saturated carbocycles. The van der Waals surface area contributed by atoms with Crippen molar-refractivity contribution >= 4 is 24.3 Å². The number of hydrogen-bond acceptors (Lipinski definition) is 6. The maximum atomic E-state index is 13.0. The van der Waals surface area contributed by atoms with Crippen molar-refractivity contribution in [2.75, 3.05) is 6.61 Å². The predicted octanol–water partition coefficient (Wildman–Crippen LogP) is -1.39. The van der Waals surface area contributed by atoms with Gasteiger partial charge in [0.25, 0.3) is 0 Å². The predicted molar refractivity (Wildman–Crippen MR) is 99.4 cm³/mol. The van der Waals surface area contributed by atoms with Crippen LogP contribution < -0.4 is 30.3 Å². The Hall–Kier alpha value is -0.473. The first kappa shape index (κ1) is 45.3. The molecule has 0 aliphatic heterocycles. The van der Waals surface area contributed by atoms with Gasteiger partial charge in [-0.15, -0.1) is 12.4 Å². The minimum atomic E-state index is -1.50. The number of aliphatic carboxylic acids is 1. The first-order valence-electron chi connectivity index (χ1n) is 6.98. The molecule has 0 aromatic heterocycles. The Morgan fingerprint density at radius 3 is 1.52 bits per heavy atom. The Morgan fingerprint density at radius 2 is 1.33 bits per heavy atom. The molecule has 8 N–H and O–H groups in total. The summed E-state index contributed by atoms with van der Waals surface area (Å²) in [5, 5.41) is 8.25. The summed E-state index contributed by atoms with van der Waals surface area (Å²) in [7, 11) is 0. The zero-order valence-corrected chi connectivity index (χ0v) is 17.0. The fourth-order valence-electron chi connectivity index (χ4n) is 1.47. The van der Waals surface area contributed by atoms with Gasteiger partial charge in [0.1, 0.15) is 23.4 Å². The zero-order valence-electron chi connectivity index (χ0n) is 16.2. The number of carbonyl (C=O) groups is 2. The number of hydrogen-bond donors (Lipinski definition) is 3. The molecule has 27 heavy (non-hydrogen) atoms. The molecule has 0 saturated heterocycles. The number of carboxylic acids is 1. The second kappa shape index (κ2) is 20.3. The molecule has 0 rings (SSSR count). The van der Waals surface area contributed by atoms with Crippen molar-refractivity contribution in [3.05, 3.63) is 0 Å². The van der Waals surface area contributed by atoms with Gasteiger partial charge in [0.05, 0.1) is 6.61 Å². The van der Waals surface area contributed by atoms with Crippen LogP contribution in [0.25, 0.3) is 0 Å². The normalized spacial score (nSPS) is 11.7. The SMILES string of the molecule is C.CC(C)(F)C[C@H](N)C(=O)O.CCOC(=O)[C@@H](N)CC(C)(C)F.Cl.O.[Li+].[OH-]. The fourth-order valence-corrected chi connectivity index (χ4v) is 1.47. The van der Waals surface area contributed by atoms with E-state index in [4.69, 9.17) is 16.6 Å². The number of alkyl halides is 2. The van der Waals surface area contributed by atoms with Crippen molar-refractivity contribution in [1.29, 1.82) is 0 Å². The molecule has 0 spiro atoms. The van der Waals surface area contributed by atoms with E-state index < -0.39 is 35.4 Å². The van der Waals surface area contributed by atoms with E-state index in [9.17, 15) is 18.4 Å². The summed E-state index contributed by atoms with van der Waals surface area (Å²) in [5.74, 6) is -1.70. The number of halogens is 3. The van der Waals surface area contributed by atoms with Gasteiger partial charge in [0.2, 0.25) is 0 Å². The number of ether oxygens (including phenoxy) is 1. The Balaban J connectivity index is -0.0000000505. The van der Waals surface area contributed by atoms with Gasteiger partial charge in [0, 0.05) is 12.8 Å². The summed E-state index contributed by atoms with van der Waals surface area (Å²) in [6.07, 6.45) is -0.159. The van der Waals surface area contributed by atoms with E-state index >= 15 is 0 Å². The van der Waals surface area contributed by atoms with Gasteiger partial charge in [0.15, 0.2) is 0 Å². The van der Waals surface area contributed by atoms with Crippen LogP contribution >= 0.6 is 12.4 Å². The molecule has 0 aromatic rings. The number of esters is 1. The van der Waals surface area contributed by atoms with E-state index in [0.717, 1.165) is 0 Å².